The van der Waals surface area contributed by atoms with E-state index in [1.165, 1.54) is 30.2 Å². The van der Waals surface area contributed by atoms with Crippen LogP contribution in [-0.2, 0) is 25.0 Å². The van der Waals surface area contributed by atoms with E-state index in [-0.39, 0.29) is 5.82 Å². The number of aryl methyl sites for hydroxylation is 1. The van der Waals surface area contributed by atoms with Gasteiger partial charge in [0, 0.05) is 17.2 Å². The summed E-state index contributed by atoms with van der Waals surface area (Å²) in [6.07, 6.45) is 4.53. The smallest absolute Gasteiger partial charge is 0.464 e. The fraction of sp³-hybridized carbons (Fsp3) is 0.472. The Morgan fingerprint density at radius 1 is 0.848 bits per heavy atom. The Balaban J connectivity index is 1.22. The van der Waals surface area contributed by atoms with Crippen LogP contribution in [0.3, 0.4) is 0 Å². The lowest BCUT2D eigenvalue weighted by molar-refractivity contribution is 0.00578. The van der Waals surface area contributed by atoms with Crippen LogP contribution in [0.25, 0.3) is 22.2 Å². The van der Waals surface area contributed by atoms with E-state index in [2.05, 4.69) is 69.5 Å². The van der Waals surface area contributed by atoms with Crippen molar-refractivity contribution in [3.8, 4) is 17.0 Å². The third-order valence-electron chi connectivity index (χ3n) is 10.9. The molecule has 2 aromatic carbocycles. The van der Waals surface area contributed by atoms with Gasteiger partial charge in [0.05, 0.1) is 39.8 Å². The average molecular weight is 640 g/mol. The van der Waals surface area contributed by atoms with Gasteiger partial charge < -0.3 is 23.4 Å². The minimum absolute atomic E-state index is 0.389. The number of rotatable bonds is 6. The molecule has 5 heterocycles. The standard InChI is InChI=1S/C36H41B2FNO5S/c1-33(2)34(3,4)43-37(42-33)23-12-15-27-22(17-23)18-28-31-26(39)19-24(38-44-35(5,6)36(7,8)45-38)20-29(31)41-32(40(27)28)30-16-14-25(46-30)13-11-21-9-10-21/h12,14-21,32H,5,9-11,13H2,1-4,6-8H3/q+1. The van der Waals surface area contributed by atoms with Gasteiger partial charge in [-0.05, 0) is 108 Å². The van der Waals surface area contributed by atoms with Gasteiger partial charge in [0.15, 0.2) is 0 Å². The van der Waals surface area contributed by atoms with Crippen molar-refractivity contribution in [2.24, 2.45) is 5.92 Å². The van der Waals surface area contributed by atoms with Gasteiger partial charge in [0.25, 0.3) is 0 Å². The molecule has 2 aromatic heterocycles. The Labute approximate surface area is 275 Å². The molecule has 0 radical (unpaired) electrons. The zero-order valence-electron chi connectivity index (χ0n) is 27.7. The molecule has 238 valence electrons. The minimum atomic E-state index is -0.789. The summed E-state index contributed by atoms with van der Waals surface area (Å²) in [5, 5.41) is 0.967. The number of aromatic nitrogens is 1. The maximum Gasteiger partial charge on any atom is 0.498 e. The molecule has 46 heavy (non-hydrogen) atoms. The van der Waals surface area contributed by atoms with Crippen molar-refractivity contribution < 1.29 is 27.7 Å². The quantitative estimate of drug-likeness (QED) is 0.165. The first-order chi connectivity index (χ1) is 21.6. The molecule has 10 heteroatoms. The largest absolute Gasteiger partial charge is 0.498 e. The SMILES string of the molecule is [CH2+]C1(C)OB(c2cc(F)c3c(c2)OC(c2ccc(CCC4CC4)s2)n2c-3cc3cc(B4OC(C)(C)C(C)(C)O4)ccc32)OC1(C)C. The van der Waals surface area contributed by atoms with E-state index in [1.807, 2.05) is 32.9 Å². The molecular weight excluding hydrogens is 599 g/mol. The van der Waals surface area contributed by atoms with Gasteiger partial charge in [-0.3, -0.25) is 4.57 Å². The number of thiophene rings is 1. The Morgan fingerprint density at radius 3 is 2.22 bits per heavy atom. The second-order valence-electron chi connectivity index (χ2n) is 15.2. The predicted octanol–water partition coefficient (Wildman–Crippen LogP) is 7.20. The van der Waals surface area contributed by atoms with Crippen LogP contribution >= 0.6 is 11.3 Å². The zero-order chi connectivity index (χ0) is 32.4. The van der Waals surface area contributed by atoms with E-state index in [4.69, 9.17) is 23.4 Å². The summed E-state index contributed by atoms with van der Waals surface area (Å²) >= 11 is 1.78. The summed E-state index contributed by atoms with van der Waals surface area (Å²) < 4.78 is 50.4. The Hall–Kier alpha value is -2.75. The fourth-order valence-corrected chi connectivity index (χ4v) is 7.66. The number of hydrogen-bond donors (Lipinski definition) is 0. The van der Waals surface area contributed by atoms with Gasteiger partial charge in [0.2, 0.25) is 11.8 Å². The van der Waals surface area contributed by atoms with Crippen LogP contribution in [0.5, 0.6) is 5.75 Å². The molecular formula is C36H41B2FNO5S+. The number of hydrogen-bond acceptors (Lipinski definition) is 6. The van der Waals surface area contributed by atoms with Gasteiger partial charge in [-0.2, -0.15) is 0 Å². The lowest BCUT2D eigenvalue weighted by Gasteiger charge is -2.32. The Kier molecular flexibility index (Phi) is 6.73. The summed E-state index contributed by atoms with van der Waals surface area (Å²) in [4.78, 5) is 2.43. The van der Waals surface area contributed by atoms with Crippen molar-refractivity contribution in [2.45, 2.75) is 103 Å². The number of ether oxygens (including phenoxy) is 1. The Bertz CT molecular complexity index is 1830. The maximum absolute atomic E-state index is 16.3. The normalized spacial score (nSPS) is 26.0. The maximum atomic E-state index is 16.3. The zero-order valence-corrected chi connectivity index (χ0v) is 28.6. The van der Waals surface area contributed by atoms with E-state index >= 15 is 4.39 Å². The molecule has 0 amide bonds. The summed E-state index contributed by atoms with van der Waals surface area (Å²) in [5.41, 5.74) is 1.30. The summed E-state index contributed by atoms with van der Waals surface area (Å²) in [5.74, 6) is 0.949. The van der Waals surface area contributed by atoms with E-state index < -0.39 is 42.9 Å². The van der Waals surface area contributed by atoms with Crippen LogP contribution in [0.4, 0.5) is 4.39 Å². The molecule has 1 saturated carbocycles. The van der Waals surface area contributed by atoms with E-state index in [1.54, 1.807) is 11.3 Å². The summed E-state index contributed by atoms with van der Waals surface area (Å²) in [6.45, 7) is 18.2. The average Bonchev–Trinajstić information content (AvgIpc) is 3.35. The molecule has 4 aliphatic rings. The molecule has 2 saturated heterocycles. The first kappa shape index (κ1) is 30.6. The molecule has 2 atom stereocenters. The van der Waals surface area contributed by atoms with Crippen molar-refractivity contribution in [1.82, 2.24) is 4.57 Å². The van der Waals surface area contributed by atoms with Crippen molar-refractivity contribution >= 4 is 47.4 Å². The highest BCUT2D eigenvalue weighted by Crippen LogP contribution is 2.47. The highest BCUT2D eigenvalue weighted by molar-refractivity contribution is 7.12. The lowest BCUT2D eigenvalue weighted by atomic mass is 9.78. The van der Waals surface area contributed by atoms with E-state index in [0.29, 0.717) is 16.8 Å². The van der Waals surface area contributed by atoms with Crippen LogP contribution in [0.2, 0.25) is 0 Å². The highest BCUT2D eigenvalue weighted by atomic mass is 32.1. The number of fused-ring (bicyclic) bond motifs is 5. The molecule has 3 fully saturated rings. The van der Waals surface area contributed by atoms with Crippen LogP contribution < -0.4 is 15.7 Å². The van der Waals surface area contributed by atoms with Gasteiger partial charge in [0.1, 0.15) is 17.2 Å². The molecule has 4 aromatic rings. The van der Waals surface area contributed by atoms with Crippen LogP contribution in [-0.4, -0.2) is 41.2 Å². The number of nitrogens with zero attached hydrogens (tertiary/aromatic N) is 1. The fourth-order valence-electron chi connectivity index (χ4n) is 6.61. The lowest BCUT2D eigenvalue weighted by Crippen LogP contribution is -2.42. The number of benzene rings is 2. The van der Waals surface area contributed by atoms with Crippen molar-refractivity contribution in [2.75, 3.05) is 0 Å². The van der Waals surface area contributed by atoms with Crippen molar-refractivity contribution in [3.05, 3.63) is 71.0 Å². The third-order valence-corrected chi connectivity index (χ3v) is 12.1. The second kappa shape index (κ2) is 10.1. The van der Waals surface area contributed by atoms with Gasteiger partial charge in [-0.15, -0.1) is 11.3 Å². The molecule has 0 N–H and O–H groups in total. The van der Waals surface area contributed by atoms with Gasteiger partial charge in [-0.1, -0.05) is 25.0 Å². The first-order valence-electron chi connectivity index (χ1n) is 16.4. The second-order valence-corrected chi connectivity index (χ2v) is 16.4. The van der Waals surface area contributed by atoms with Crippen LogP contribution in [0, 0.1) is 18.7 Å². The van der Waals surface area contributed by atoms with E-state index in [0.717, 1.165) is 39.3 Å². The van der Waals surface area contributed by atoms with Gasteiger partial charge >= 0.3 is 14.2 Å². The van der Waals surface area contributed by atoms with Crippen LogP contribution in [0.15, 0.2) is 48.5 Å². The molecule has 0 bridgehead atoms. The molecule has 0 spiro atoms. The van der Waals surface area contributed by atoms with Crippen molar-refractivity contribution in [1.29, 1.82) is 0 Å². The monoisotopic (exact) mass is 640 g/mol. The summed E-state index contributed by atoms with van der Waals surface area (Å²) in [6, 6.07) is 16.0. The highest BCUT2D eigenvalue weighted by Gasteiger charge is 2.57. The Morgan fingerprint density at radius 2 is 1.54 bits per heavy atom. The summed E-state index contributed by atoms with van der Waals surface area (Å²) in [7, 11) is -1.25. The number of halogens is 1. The van der Waals surface area contributed by atoms with Crippen molar-refractivity contribution in [3.63, 3.8) is 0 Å². The molecule has 2 unspecified atom stereocenters. The minimum Gasteiger partial charge on any atom is -0.464 e. The predicted molar refractivity (Wildman–Crippen MR) is 183 cm³/mol. The first-order valence-corrected chi connectivity index (χ1v) is 17.2. The topological polar surface area (TPSA) is 51.1 Å². The van der Waals surface area contributed by atoms with Gasteiger partial charge in [-0.25, -0.2) is 4.39 Å². The van der Waals surface area contributed by atoms with E-state index in [9.17, 15) is 0 Å². The molecule has 8 rings (SSSR count). The van der Waals surface area contributed by atoms with Crippen LogP contribution in [0.1, 0.15) is 83.7 Å². The molecule has 6 nitrogen and oxygen atoms in total. The molecule has 1 aliphatic carbocycles. The molecule has 3 aliphatic heterocycles. The third kappa shape index (κ3) is 4.86.